The first-order valence-corrected chi connectivity index (χ1v) is 7.12. The number of rotatable bonds is 7. The van der Waals surface area contributed by atoms with Gasteiger partial charge in [0.25, 0.3) is 5.91 Å². The highest BCUT2D eigenvalue weighted by Gasteiger charge is 2.18. The van der Waals surface area contributed by atoms with Gasteiger partial charge in [0.2, 0.25) is 0 Å². The van der Waals surface area contributed by atoms with Crippen LogP contribution in [0.2, 0.25) is 0 Å². The van der Waals surface area contributed by atoms with Crippen LogP contribution in [-0.4, -0.2) is 59.5 Å². The summed E-state index contributed by atoms with van der Waals surface area (Å²) in [6.07, 6.45) is 0. The topological polar surface area (TPSA) is 78.5 Å². The first-order chi connectivity index (χ1) is 9.76. The Kier molecular flexibility index (Phi) is 5.28. The molecular formula is C13H17N3O3S. The van der Waals surface area contributed by atoms with E-state index in [9.17, 15) is 4.79 Å². The normalized spacial score (nSPS) is 10.7. The van der Waals surface area contributed by atoms with Crippen molar-refractivity contribution in [2.75, 3.05) is 33.4 Å². The maximum Gasteiger partial charge on any atom is 0.274 e. The van der Waals surface area contributed by atoms with Crippen molar-refractivity contribution in [2.45, 2.75) is 0 Å². The van der Waals surface area contributed by atoms with Crippen molar-refractivity contribution in [1.29, 1.82) is 0 Å². The van der Waals surface area contributed by atoms with E-state index < -0.39 is 0 Å². The molecule has 0 aromatic carbocycles. The molecule has 0 aliphatic heterocycles. The van der Waals surface area contributed by atoms with Gasteiger partial charge in [0, 0.05) is 20.2 Å². The number of hydrogen-bond donors (Lipinski definition) is 2. The minimum absolute atomic E-state index is 0.0857. The van der Waals surface area contributed by atoms with Gasteiger partial charge in [-0.15, -0.1) is 11.3 Å². The van der Waals surface area contributed by atoms with Gasteiger partial charge in [-0.25, -0.2) is 0 Å². The minimum atomic E-state index is -0.213. The lowest BCUT2D eigenvalue weighted by atomic mass is 10.3. The second kappa shape index (κ2) is 7.18. The van der Waals surface area contributed by atoms with Crippen LogP contribution < -0.4 is 0 Å². The average Bonchev–Trinajstić information content (AvgIpc) is 3.12. The monoisotopic (exact) mass is 295 g/mol. The number of H-pyrrole nitrogens is 1. The van der Waals surface area contributed by atoms with E-state index in [1.54, 1.807) is 24.5 Å². The molecule has 0 saturated heterocycles. The number of aliphatic hydroxyl groups is 1. The zero-order valence-corrected chi connectivity index (χ0v) is 12.0. The highest BCUT2D eigenvalue weighted by Crippen LogP contribution is 2.23. The van der Waals surface area contributed by atoms with Gasteiger partial charge in [0.05, 0.1) is 23.8 Å². The third kappa shape index (κ3) is 3.44. The molecular weight excluding hydrogens is 278 g/mol. The van der Waals surface area contributed by atoms with Crippen LogP contribution >= 0.6 is 11.3 Å². The van der Waals surface area contributed by atoms with Crippen LogP contribution in [0.25, 0.3) is 10.6 Å². The molecule has 2 heterocycles. The van der Waals surface area contributed by atoms with E-state index in [0.29, 0.717) is 18.8 Å². The lowest BCUT2D eigenvalue weighted by molar-refractivity contribution is 0.0651. The van der Waals surface area contributed by atoms with E-state index in [2.05, 4.69) is 10.2 Å². The van der Waals surface area contributed by atoms with E-state index in [4.69, 9.17) is 9.84 Å². The molecule has 0 saturated carbocycles. The van der Waals surface area contributed by atoms with Crippen molar-refractivity contribution in [3.05, 3.63) is 29.3 Å². The van der Waals surface area contributed by atoms with E-state index in [-0.39, 0.29) is 19.1 Å². The lowest BCUT2D eigenvalue weighted by Gasteiger charge is -2.19. The Labute approximate surface area is 121 Å². The molecule has 1 amide bonds. The second-order valence-corrected chi connectivity index (χ2v) is 5.10. The number of ether oxygens (including phenoxy) is 1. The Morgan fingerprint density at radius 1 is 1.55 bits per heavy atom. The van der Waals surface area contributed by atoms with Crippen molar-refractivity contribution < 1.29 is 14.6 Å². The van der Waals surface area contributed by atoms with Gasteiger partial charge >= 0.3 is 0 Å². The molecule has 2 aromatic rings. The summed E-state index contributed by atoms with van der Waals surface area (Å²) in [4.78, 5) is 14.9. The molecule has 2 rings (SSSR count). The Morgan fingerprint density at radius 2 is 2.40 bits per heavy atom. The quantitative estimate of drug-likeness (QED) is 0.805. The summed E-state index contributed by atoms with van der Waals surface area (Å²) in [6, 6.07) is 5.63. The molecule has 108 valence electrons. The van der Waals surface area contributed by atoms with E-state index in [1.807, 2.05) is 17.5 Å². The van der Waals surface area contributed by atoms with Gasteiger partial charge in [-0.3, -0.25) is 9.89 Å². The molecule has 0 bridgehead atoms. The Bertz CT molecular complexity index is 539. The smallest absolute Gasteiger partial charge is 0.274 e. The summed E-state index contributed by atoms with van der Waals surface area (Å²) in [6.45, 7) is 1.03. The van der Waals surface area contributed by atoms with Crippen LogP contribution in [0.1, 0.15) is 10.5 Å². The van der Waals surface area contributed by atoms with Gasteiger partial charge in [-0.2, -0.15) is 5.10 Å². The van der Waals surface area contributed by atoms with Crippen molar-refractivity contribution in [3.8, 4) is 10.6 Å². The number of amides is 1. The van der Waals surface area contributed by atoms with Crippen LogP contribution in [0, 0.1) is 0 Å². The number of nitrogens with zero attached hydrogens (tertiary/aromatic N) is 2. The zero-order valence-electron chi connectivity index (χ0n) is 11.2. The lowest BCUT2D eigenvalue weighted by Crippen LogP contribution is -2.36. The van der Waals surface area contributed by atoms with E-state index in [1.165, 1.54) is 4.90 Å². The number of aromatic amines is 1. The summed E-state index contributed by atoms with van der Waals surface area (Å²) in [5.41, 5.74) is 1.16. The van der Waals surface area contributed by atoms with Crippen molar-refractivity contribution in [1.82, 2.24) is 15.1 Å². The number of methoxy groups -OCH3 is 1. The molecule has 7 heteroatoms. The molecule has 0 radical (unpaired) electrons. The van der Waals surface area contributed by atoms with Gasteiger partial charge < -0.3 is 14.7 Å². The van der Waals surface area contributed by atoms with Crippen LogP contribution in [0.15, 0.2) is 23.6 Å². The fourth-order valence-electron chi connectivity index (χ4n) is 1.79. The third-order valence-electron chi connectivity index (χ3n) is 2.81. The van der Waals surface area contributed by atoms with Crippen LogP contribution in [0.3, 0.4) is 0 Å². The van der Waals surface area contributed by atoms with Crippen LogP contribution in [-0.2, 0) is 4.74 Å². The van der Waals surface area contributed by atoms with Crippen LogP contribution in [0.5, 0.6) is 0 Å². The fraction of sp³-hybridized carbons (Fsp3) is 0.385. The van der Waals surface area contributed by atoms with Crippen molar-refractivity contribution in [2.24, 2.45) is 0 Å². The van der Waals surface area contributed by atoms with Gasteiger partial charge in [-0.1, -0.05) is 6.07 Å². The summed E-state index contributed by atoms with van der Waals surface area (Å²) in [5, 5.41) is 17.9. The molecule has 2 aromatic heterocycles. The summed E-state index contributed by atoms with van der Waals surface area (Å²) in [5.74, 6) is -0.213. The van der Waals surface area contributed by atoms with E-state index in [0.717, 1.165) is 10.6 Å². The molecule has 0 aliphatic rings. The minimum Gasteiger partial charge on any atom is -0.395 e. The van der Waals surface area contributed by atoms with Gasteiger partial charge in [-0.05, 0) is 17.5 Å². The number of thiophene rings is 1. The number of aliphatic hydroxyl groups excluding tert-OH is 1. The second-order valence-electron chi connectivity index (χ2n) is 4.15. The number of nitrogens with one attached hydrogen (secondary N) is 1. The van der Waals surface area contributed by atoms with Crippen molar-refractivity contribution >= 4 is 17.2 Å². The fourth-order valence-corrected chi connectivity index (χ4v) is 2.48. The molecule has 6 nitrogen and oxygen atoms in total. The molecule has 0 unspecified atom stereocenters. The first kappa shape index (κ1) is 14.7. The number of aromatic nitrogens is 2. The highest BCUT2D eigenvalue weighted by molar-refractivity contribution is 7.13. The SMILES string of the molecule is COCCN(CCO)C(=O)c1cc(-c2cccs2)[nH]n1. The molecule has 20 heavy (non-hydrogen) atoms. The zero-order chi connectivity index (χ0) is 14.4. The predicted molar refractivity (Wildman–Crippen MR) is 76.8 cm³/mol. The van der Waals surface area contributed by atoms with E-state index >= 15 is 0 Å². The average molecular weight is 295 g/mol. The standard InChI is InChI=1S/C13H17N3O3S/c1-19-7-5-16(4-6-17)13(18)11-9-10(14-15-11)12-3-2-8-20-12/h2-3,8-9,17H,4-7H2,1H3,(H,14,15). The Balaban J connectivity index is 2.10. The number of carbonyl (C=O) groups is 1. The molecule has 0 spiro atoms. The number of carbonyl (C=O) groups excluding carboxylic acids is 1. The Hall–Kier alpha value is -1.70. The largest absolute Gasteiger partial charge is 0.395 e. The number of hydrogen-bond acceptors (Lipinski definition) is 5. The molecule has 2 N–H and O–H groups in total. The Morgan fingerprint density at radius 3 is 3.05 bits per heavy atom. The molecule has 0 fully saturated rings. The highest BCUT2D eigenvalue weighted by atomic mass is 32.1. The maximum atomic E-state index is 12.3. The third-order valence-corrected chi connectivity index (χ3v) is 3.71. The van der Waals surface area contributed by atoms with Crippen LogP contribution in [0.4, 0.5) is 0 Å². The summed E-state index contributed by atoms with van der Waals surface area (Å²) in [7, 11) is 1.57. The van der Waals surface area contributed by atoms with Gasteiger partial charge in [0.1, 0.15) is 0 Å². The van der Waals surface area contributed by atoms with Gasteiger partial charge in [0.15, 0.2) is 5.69 Å². The van der Waals surface area contributed by atoms with Crippen molar-refractivity contribution in [3.63, 3.8) is 0 Å². The first-order valence-electron chi connectivity index (χ1n) is 6.24. The summed E-state index contributed by atoms with van der Waals surface area (Å²) < 4.78 is 4.97. The summed E-state index contributed by atoms with van der Waals surface area (Å²) >= 11 is 1.58. The molecule has 0 aliphatic carbocycles. The maximum absolute atomic E-state index is 12.3. The molecule has 0 atom stereocenters. The predicted octanol–water partition coefficient (Wildman–Crippen LogP) is 1.22.